The third-order valence-electron chi connectivity index (χ3n) is 3.55. The Hall–Kier alpha value is -0.350. The molecule has 1 saturated heterocycles. The summed E-state index contributed by atoms with van der Waals surface area (Å²) < 4.78 is 13.3. The third kappa shape index (κ3) is 4.60. The number of aryl methyl sites for hydroxylation is 1. The van der Waals surface area contributed by atoms with Crippen LogP contribution in [0.1, 0.15) is 30.5 Å². The maximum absolute atomic E-state index is 13.3. The standard InChI is InChI=1S/C14H21FN2.2ClH/c1-3-14(17-8-6-16-7-9-17)12-4-5-13(15)11(2)10-12;;/h4-5,10,14,16H,3,6-9H2,1-2H3;2*1H/t14-;;/m0../s1. The van der Waals surface area contributed by atoms with Crippen molar-refractivity contribution < 1.29 is 4.39 Å². The molecule has 0 saturated carbocycles. The van der Waals surface area contributed by atoms with Crippen molar-refractivity contribution in [1.82, 2.24) is 10.2 Å². The first-order valence-electron chi connectivity index (χ1n) is 6.43. The van der Waals surface area contributed by atoms with Gasteiger partial charge in [-0.3, -0.25) is 4.90 Å². The highest BCUT2D eigenvalue weighted by atomic mass is 35.5. The highest BCUT2D eigenvalue weighted by Crippen LogP contribution is 2.25. The summed E-state index contributed by atoms with van der Waals surface area (Å²) in [6, 6.07) is 5.94. The van der Waals surface area contributed by atoms with Crippen LogP contribution < -0.4 is 5.32 Å². The average molecular weight is 309 g/mol. The first-order valence-corrected chi connectivity index (χ1v) is 6.43. The molecule has 1 aromatic rings. The monoisotopic (exact) mass is 308 g/mol. The maximum Gasteiger partial charge on any atom is 0.126 e. The predicted molar refractivity (Wildman–Crippen MR) is 83.1 cm³/mol. The molecule has 0 bridgehead atoms. The molecule has 2 rings (SSSR count). The number of benzene rings is 1. The second-order valence-electron chi connectivity index (χ2n) is 4.72. The predicted octanol–water partition coefficient (Wildman–Crippen LogP) is 3.33. The van der Waals surface area contributed by atoms with E-state index in [1.54, 1.807) is 6.07 Å². The summed E-state index contributed by atoms with van der Waals surface area (Å²) in [7, 11) is 0. The summed E-state index contributed by atoms with van der Waals surface area (Å²) in [6.07, 6.45) is 1.07. The van der Waals surface area contributed by atoms with Crippen LogP contribution in [-0.4, -0.2) is 31.1 Å². The zero-order valence-corrected chi connectivity index (χ0v) is 13.1. The van der Waals surface area contributed by atoms with Gasteiger partial charge in [0, 0.05) is 32.2 Å². The van der Waals surface area contributed by atoms with Gasteiger partial charge in [-0.15, -0.1) is 24.8 Å². The Labute approximate surface area is 127 Å². The van der Waals surface area contributed by atoms with Crippen molar-refractivity contribution in [2.75, 3.05) is 26.2 Å². The minimum Gasteiger partial charge on any atom is -0.314 e. The van der Waals surface area contributed by atoms with Crippen molar-refractivity contribution in [2.45, 2.75) is 26.3 Å². The van der Waals surface area contributed by atoms with E-state index in [2.05, 4.69) is 17.1 Å². The van der Waals surface area contributed by atoms with Gasteiger partial charge in [0.05, 0.1) is 0 Å². The van der Waals surface area contributed by atoms with Crippen LogP contribution in [0.25, 0.3) is 0 Å². The quantitative estimate of drug-likeness (QED) is 0.921. The van der Waals surface area contributed by atoms with Crippen LogP contribution >= 0.6 is 24.8 Å². The molecular weight excluding hydrogens is 286 g/mol. The van der Waals surface area contributed by atoms with E-state index in [0.717, 1.165) is 38.2 Å². The van der Waals surface area contributed by atoms with Crippen molar-refractivity contribution in [2.24, 2.45) is 0 Å². The van der Waals surface area contributed by atoms with Crippen LogP contribution in [-0.2, 0) is 0 Å². The molecule has 2 nitrogen and oxygen atoms in total. The Bertz CT molecular complexity index is 382. The van der Waals surface area contributed by atoms with Crippen molar-refractivity contribution >= 4 is 24.8 Å². The molecule has 1 heterocycles. The van der Waals surface area contributed by atoms with Crippen LogP contribution in [0.3, 0.4) is 0 Å². The molecule has 0 radical (unpaired) electrons. The van der Waals surface area contributed by atoms with E-state index in [0.29, 0.717) is 6.04 Å². The first-order chi connectivity index (χ1) is 8.22. The molecule has 0 aliphatic carbocycles. The lowest BCUT2D eigenvalue weighted by Crippen LogP contribution is -2.45. The van der Waals surface area contributed by atoms with Crippen molar-refractivity contribution in [3.05, 3.63) is 35.1 Å². The molecular formula is C14H23Cl2FN2. The molecule has 1 atom stereocenters. The molecule has 19 heavy (non-hydrogen) atoms. The molecule has 1 N–H and O–H groups in total. The number of nitrogens with one attached hydrogen (secondary N) is 1. The van der Waals surface area contributed by atoms with E-state index in [-0.39, 0.29) is 30.6 Å². The Morgan fingerprint density at radius 2 is 1.89 bits per heavy atom. The summed E-state index contributed by atoms with van der Waals surface area (Å²) in [5, 5.41) is 3.36. The van der Waals surface area contributed by atoms with Gasteiger partial charge in [-0.25, -0.2) is 4.39 Å². The number of halogens is 3. The molecule has 1 aliphatic heterocycles. The smallest absolute Gasteiger partial charge is 0.126 e. The van der Waals surface area contributed by atoms with Gasteiger partial charge in [-0.1, -0.05) is 19.1 Å². The normalized spacial score (nSPS) is 17.2. The lowest BCUT2D eigenvalue weighted by Gasteiger charge is -2.34. The fourth-order valence-electron chi connectivity index (χ4n) is 2.57. The number of nitrogens with zero attached hydrogens (tertiary/aromatic N) is 1. The molecule has 0 aromatic heterocycles. The topological polar surface area (TPSA) is 15.3 Å². The average Bonchev–Trinajstić information content (AvgIpc) is 2.36. The number of piperazine rings is 1. The Morgan fingerprint density at radius 1 is 1.26 bits per heavy atom. The second-order valence-corrected chi connectivity index (χ2v) is 4.72. The first kappa shape index (κ1) is 18.7. The van der Waals surface area contributed by atoms with Crippen molar-refractivity contribution in [3.63, 3.8) is 0 Å². The summed E-state index contributed by atoms with van der Waals surface area (Å²) in [4.78, 5) is 2.49. The van der Waals surface area contributed by atoms with E-state index in [1.807, 2.05) is 19.1 Å². The molecule has 5 heteroatoms. The summed E-state index contributed by atoms with van der Waals surface area (Å²) in [5.41, 5.74) is 1.99. The van der Waals surface area contributed by atoms with E-state index >= 15 is 0 Å². The van der Waals surface area contributed by atoms with E-state index in [4.69, 9.17) is 0 Å². The third-order valence-corrected chi connectivity index (χ3v) is 3.55. The zero-order chi connectivity index (χ0) is 12.3. The molecule has 1 aromatic carbocycles. The van der Waals surface area contributed by atoms with E-state index in [9.17, 15) is 4.39 Å². The van der Waals surface area contributed by atoms with Gasteiger partial charge in [0.25, 0.3) is 0 Å². The molecule has 0 spiro atoms. The van der Waals surface area contributed by atoms with E-state index < -0.39 is 0 Å². The molecule has 1 aliphatic rings. The van der Waals surface area contributed by atoms with Crippen LogP contribution in [0, 0.1) is 12.7 Å². The maximum atomic E-state index is 13.3. The summed E-state index contributed by atoms with van der Waals surface area (Å²) >= 11 is 0. The molecule has 0 unspecified atom stereocenters. The number of hydrogen-bond donors (Lipinski definition) is 1. The van der Waals surface area contributed by atoms with Gasteiger partial charge in [-0.2, -0.15) is 0 Å². The van der Waals surface area contributed by atoms with Crippen LogP contribution in [0.5, 0.6) is 0 Å². The summed E-state index contributed by atoms with van der Waals surface area (Å²) in [5.74, 6) is -0.107. The van der Waals surface area contributed by atoms with Crippen molar-refractivity contribution in [1.29, 1.82) is 0 Å². The van der Waals surface area contributed by atoms with Gasteiger partial charge in [-0.05, 0) is 30.5 Å². The van der Waals surface area contributed by atoms with Gasteiger partial charge in [0.2, 0.25) is 0 Å². The lowest BCUT2D eigenvalue weighted by molar-refractivity contribution is 0.169. The second kappa shape index (κ2) is 8.75. The Balaban J connectivity index is 0.00000162. The fraction of sp³-hybridized carbons (Fsp3) is 0.571. The number of rotatable bonds is 3. The van der Waals surface area contributed by atoms with Crippen LogP contribution in [0.4, 0.5) is 4.39 Å². The number of hydrogen-bond acceptors (Lipinski definition) is 2. The van der Waals surface area contributed by atoms with Crippen LogP contribution in [0.2, 0.25) is 0 Å². The highest BCUT2D eigenvalue weighted by molar-refractivity contribution is 5.85. The fourth-order valence-corrected chi connectivity index (χ4v) is 2.57. The van der Waals surface area contributed by atoms with Gasteiger partial charge in [0.1, 0.15) is 5.82 Å². The Morgan fingerprint density at radius 3 is 2.42 bits per heavy atom. The minimum absolute atomic E-state index is 0. The molecule has 0 amide bonds. The lowest BCUT2D eigenvalue weighted by atomic mass is 10.00. The molecule has 1 fully saturated rings. The molecule has 110 valence electrons. The van der Waals surface area contributed by atoms with Gasteiger partial charge < -0.3 is 5.32 Å². The van der Waals surface area contributed by atoms with Gasteiger partial charge >= 0.3 is 0 Å². The highest BCUT2D eigenvalue weighted by Gasteiger charge is 2.20. The summed E-state index contributed by atoms with van der Waals surface area (Å²) in [6.45, 7) is 8.30. The van der Waals surface area contributed by atoms with Crippen molar-refractivity contribution in [3.8, 4) is 0 Å². The Kier molecular flexibility index (Phi) is 8.59. The zero-order valence-electron chi connectivity index (χ0n) is 11.5. The van der Waals surface area contributed by atoms with Crippen LogP contribution in [0.15, 0.2) is 18.2 Å². The SMILES string of the molecule is CC[C@@H](c1ccc(F)c(C)c1)N1CCNCC1.Cl.Cl. The van der Waals surface area contributed by atoms with E-state index in [1.165, 1.54) is 5.56 Å². The van der Waals surface area contributed by atoms with Gasteiger partial charge in [0.15, 0.2) is 0 Å². The minimum atomic E-state index is -0.107. The largest absolute Gasteiger partial charge is 0.314 e.